The smallest absolute Gasteiger partial charge is 0.270 e. The highest BCUT2D eigenvalue weighted by Crippen LogP contribution is 2.31. The summed E-state index contributed by atoms with van der Waals surface area (Å²) in [6, 6.07) is 4.19. The second-order valence-corrected chi connectivity index (χ2v) is 6.53. The lowest BCUT2D eigenvalue weighted by Gasteiger charge is -2.30. The summed E-state index contributed by atoms with van der Waals surface area (Å²) in [5.41, 5.74) is 0.0254. The molecule has 0 aliphatic heterocycles. The van der Waals surface area contributed by atoms with Crippen LogP contribution in [0.3, 0.4) is 0 Å². The van der Waals surface area contributed by atoms with E-state index in [0.717, 1.165) is 12.8 Å². The van der Waals surface area contributed by atoms with Crippen molar-refractivity contribution in [2.24, 2.45) is 5.41 Å². The van der Waals surface area contributed by atoms with Gasteiger partial charge in [-0.3, -0.25) is 4.79 Å². The third kappa shape index (κ3) is 3.47. The zero-order chi connectivity index (χ0) is 15.5. The van der Waals surface area contributed by atoms with Crippen molar-refractivity contribution in [1.82, 2.24) is 9.47 Å². The molecule has 1 aliphatic rings. The number of aliphatic hydroxyl groups is 2. The van der Waals surface area contributed by atoms with Gasteiger partial charge in [0.15, 0.2) is 0 Å². The van der Waals surface area contributed by atoms with Crippen molar-refractivity contribution in [2.75, 3.05) is 26.8 Å². The van der Waals surface area contributed by atoms with Crippen molar-refractivity contribution in [3.63, 3.8) is 0 Å². The molecular weight excluding hydrogens is 268 g/mol. The molecule has 5 nitrogen and oxygen atoms in total. The Bertz CT molecular complexity index is 474. The number of carbonyl (C=O) groups is 1. The van der Waals surface area contributed by atoms with E-state index >= 15 is 0 Å². The van der Waals surface area contributed by atoms with Gasteiger partial charge in [0.2, 0.25) is 0 Å². The SMILES string of the molecule is CN(CC(C)(CO)CO)C(=O)c1cccn1C1CCCC1. The maximum Gasteiger partial charge on any atom is 0.270 e. The molecule has 1 fully saturated rings. The van der Waals surface area contributed by atoms with E-state index < -0.39 is 5.41 Å². The Kier molecular flexibility index (Phi) is 5.06. The monoisotopic (exact) mass is 294 g/mol. The number of hydrogen-bond donors (Lipinski definition) is 2. The van der Waals surface area contributed by atoms with E-state index in [4.69, 9.17) is 0 Å². The van der Waals surface area contributed by atoms with Gasteiger partial charge >= 0.3 is 0 Å². The van der Waals surface area contributed by atoms with Gasteiger partial charge in [-0.1, -0.05) is 19.8 Å². The van der Waals surface area contributed by atoms with Crippen LogP contribution in [0.2, 0.25) is 0 Å². The molecule has 118 valence electrons. The summed E-state index contributed by atoms with van der Waals surface area (Å²) in [6.45, 7) is 1.80. The standard InChI is InChI=1S/C16H26N2O3/c1-16(11-19,12-20)10-17(2)15(21)14-8-5-9-18(14)13-6-3-4-7-13/h5,8-9,13,19-20H,3-4,6-7,10-12H2,1-2H3. The van der Waals surface area contributed by atoms with Gasteiger partial charge in [0.1, 0.15) is 5.69 Å². The van der Waals surface area contributed by atoms with Gasteiger partial charge in [-0.05, 0) is 25.0 Å². The first-order chi connectivity index (χ1) is 10.0. The topological polar surface area (TPSA) is 65.7 Å². The van der Waals surface area contributed by atoms with E-state index in [1.807, 2.05) is 18.3 Å². The number of aliphatic hydroxyl groups excluding tert-OH is 2. The minimum atomic E-state index is -0.671. The highest BCUT2D eigenvalue weighted by molar-refractivity contribution is 5.92. The van der Waals surface area contributed by atoms with Crippen molar-refractivity contribution in [1.29, 1.82) is 0 Å². The van der Waals surface area contributed by atoms with Gasteiger partial charge in [-0.25, -0.2) is 0 Å². The molecule has 0 atom stereocenters. The molecule has 1 aromatic rings. The third-order valence-electron chi connectivity index (χ3n) is 4.45. The highest BCUT2D eigenvalue weighted by atomic mass is 16.3. The van der Waals surface area contributed by atoms with E-state index in [1.165, 1.54) is 12.8 Å². The molecule has 0 radical (unpaired) electrons. The number of hydrogen-bond acceptors (Lipinski definition) is 3. The minimum absolute atomic E-state index is 0.0555. The zero-order valence-corrected chi connectivity index (χ0v) is 13.0. The van der Waals surface area contributed by atoms with Crippen LogP contribution in [0.15, 0.2) is 18.3 Å². The average Bonchev–Trinajstić information content (AvgIpc) is 3.16. The summed E-state index contributed by atoms with van der Waals surface area (Å²) in [5.74, 6) is -0.0555. The number of amides is 1. The molecule has 2 N–H and O–H groups in total. The van der Waals surface area contributed by atoms with Crippen LogP contribution in [-0.4, -0.2) is 52.4 Å². The van der Waals surface area contributed by atoms with Crippen molar-refractivity contribution < 1.29 is 15.0 Å². The molecule has 0 aromatic carbocycles. The fraction of sp³-hybridized carbons (Fsp3) is 0.688. The maximum atomic E-state index is 12.6. The zero-order valence-electron chi connectivity index (χ0n) is 13.0. The molecular formula is C16H26N2O3. The van der Waals surface area contributed by atoms with Gasteiger partial charge in [-0.2, -0.15) is 0 Å². The Morgan fingerprint density at radius 2 is 2.00 bits per heavy atom. The first-order valence-corrected chi connectivity index (χ1v) is 7.65. The molecule has 1 heterocycles. The number of nitrogens with zero attached hydrogens (tertiary/aromatic N) is 2. The van der Waals surface area contributed by atoms with E-state index in [2.05, 4.69) is 4.57 Å². The van der Waals surface area contributed by atoms with Crippen LogP contribution in [-0.2, 0) is 0 Å². The van der Waals surface area contributed by atoms with Crippen molar-refractivity contribution >= 4 is 5.91 Å². The van der Waals surface area contributed by atoms with Gasteiger partial charge < -0.3 is 19.7 Å². The van der Waals surface area contributed by atoms with E-state index in [1.54, 1.807) is 18.9 Å². The first-order valence-electron chi connectivity index (χ1n) is 7.65. The Morgan fingerprint density at radius 1 is 1.38 bits per heavy atom. The summed E-state index contributed by atoms with van der Waals surface area (Å²) < 4.78 is 2.08. The molecule has 5 heteroatoms. The molecule has 1 amide bonds. The van der Waals surface area contributed by atoms with E-state index in [9.17, 15) is 15.0 Å². The van der Waals surface area contributed by atoms with Crippen LogP contribution < -0.4 is 0 Å². The van der Waals surface area contributed by atoms with Gasteiger partial charge in [0.25, 0.3) is 5.91 Å². The second-order valence-electron chi connectivity index (χ2n) is 6.53. The third-order valence-corrected chi connectivity index (χ3v) is 4.45. The predicted octanol–water partition coefficient (Wildman–Crippen LogP) is 1.67. The lowest BCUT2D eigenvalue weighted by atomic mass is 9.92. The van der Waals surface area contributed by atoms with Crippen LogP contribution in [0, 0.1) is 5.41 Å². The second kappa shape index (κ2) is 6.62. The highest BCUT2D eigenvalue weighted by Gasteiger charge is 2.29. The molecule has 1 saturated carbocycles. The Balaban J connectivity index is 2.11. The van der Waals surface area contributed by atoms with E-state index in [0.29, 0.717) is 18.3 Å². The molecule has 0 unspecified atom stereocenters. The Morgan fingerprint density at radius 3 is 2.57 bits per heavy atom. The van der Waals surface area contributed by atoms with Crippen LogP contribution in [0.25, 0.3) is 0 Å². The lowest BCUT2D eigenvalue weighted by Crippen LogP contribution is -2.42. The summed E-state index contributed by atoms with van der Waals surface area (Å²) in [4.78, 5) is 14.2. The van der Waals surface area contributed by atoms with Crippen molar-refractivity contribution in [2.45, 2.75) is 38.6 Å². The summed E-state index contributed by atoms with van der Waals surface area (Å²) in [7, 11) is 1.72. The number of carbonyl (C=O) groups excluding carboxylic acids is 1. The van der Waals surface area contributed by atoms with Gasteiger partial charge in [-0.15, -0.1) is 0 Å². The summed E-state index contributed by atoms with van der Waals surface area (Å²) in [6.07, 6.45) is 6.68. The quantitative estimate of drug-likeness (QED) is 0.838. The summed E-state index contributed by atoms with van der Waals surface area (Å²) in [5, 5.41) is 18.7. The molecule has 21 heavy (non-hydrogen) atoms. The van der Waals surface area contributed by atoms with Crippen LogP contribution >= 0.6 is 0 Å². The predicted molar refractivity (Wildman–Crippen MR) is 81.2 cm³/mol. The van der Waals surface area contributed by atoms with Crippen LogP contribution in [0.1, 0.15) is 49.1 Å². The summed E-state index contributed by atoms with van der Waals surface area (Å²) >= 11 is 0. The normalized spacial score (nSPS) is 16.4. The molecule has 1 aliphatic carbocycles. The van der Waals surface area contributed by atoms with Gasteiger partial charge in [0.05, 0.1) is 13.2 Å². The van der Waals surface area contributed by atoms with Crippen molar-refractivity contribution in [3.8, 4) is 0 Å². The largest absolute Gasteiger partial charge is 0.396 e. The molecule has 0 saturated heterocycles. The van der Waals surface area contributed by atoms with E-state index in [-0.39, 0.29) is 19.1 Å². The molecule has 2 rings (SSSR count). The minimum Gasteiger partial charge on any atom is -0.396 e. The van der Waals surface area contributed by atoms with Crippen LogP contribution in [0.4, 0.5) is 0 Å². The Labute approximate surface area is 126 Å². The maximum absolute atomic E-state index is 12.6. The lowest BCUT2D eigenvalue weighted by molar-refractivity contribution is 0.0360. The number of rotatable bonds is 6. The molecule has 0 bridgehead atoms. The Hall–Kier alpha value is -1.33. The first kappa shape index (κ1) is 16.0. The number of aromatic nitrogens is 1. The fourth-order valence-corrected chi connectivity index (χ4v) is 3.07. The average molecular weight is 294 g/mol. The van der Waals surface area contributed by atoms with Crippen LogP contribution in [0.5, 0.6) is 0 Å². The van der Waals surface area contributed by atoms with Gasteiger partial charge in [0, 0.05) is 31.2 Å². The molecule has 1 aromatic heterocycles. The molecule has 0 spiro atoms. The van der Waals surface area contributed by atoms with Crippen molar-refractivity contribution in [3.05, 3.63) is 24.0 Å². The fourth-order valence-electron chi connectivity index (χ4n) is 3.07.